The van der Waals surface area contributed by atoms with E-state index in [1.807, 2.05) is 0 Å². The van der Waals surface area contributed by atoms with Gasteiger partial charge in [0.05, 0.1) is 5.69 Å². The number of furan rings is 1. The third-order valence-electron chi connectivity index (χ3n) is 18.4. The molecule has 1 aromatic heterocycles. The zero-order chi connectivity index (χ0) is 52.5. The molecule has 75 heavy (non-hydrogen) atoms. The van der Waals surface area contributed by atoms with E-state index in [4.69, 9.17) is 4.42 Å². The van der Waals surface area contributed by atoms with Crippen molar-refractivity contribution in [3.05, 3.63) is 185 Å². The fourth-order valence-electron chi connectivity index (χ4n) is 14.4. The molecule has 0 saturated heterocycles. The first-order valence-electron chi connectivity index (χ1n) is 27.8. The third kappa shape index (κ3) is 7.28. The van der Waals surface area contributed by atoms with E-state index in [-0.39, 0.29) is 39.2 Å². The highest BCUT2D eigenvalue weighted by Crippen LogP contribution is 2.55. The summed E-state index contributed by atoms with van der Waals surface area (Å²) in [6.07, 6.45) is 3.44. The number of para-hydroxylation sites is 1. The number of rotatable bonds is 4. The maximum atomic E-state index is 6.57. The van der Waals surface area contributed by atoms with Crippen LogP contribution in [-0.4, -0.2) is 6.71 Å². The number of benzene rings is 8. The van der Waals surface area contributed by atoms with Gasteiger partial charge in [-0.15, -0.1) is 0 Å². The first-order valence-corrected chi connectivity index (χ1v) is 27.8. The van der Waals surface area contributed by atoms with Crippen LogP contribution in [0.5, 0.6) is 0 Å². The topological polar surface area (TPSA) is 19.6 Å². The van der Waals surface area contributed by atoms with Crippen LogP contribution in [-0.2, 0) is 32.5 Å². The lowest BCUT2D eigenvalue weighted by atomic mass is 9.33. The number of nitrogens with zero attached hydrogens (tertiary/aromatic N) is 2. The van der Waals surface area contributed by atoms with Gasteiger partial charge in [0.25, 0.3) is 6.71 Å². The summed E-state index contributed by atoms with van der Waals surface area (Å²) in [6.45, 7) is 33.9. The van der Waals surface area contributed by atoms with Gasteiger partial charge in [-0.05, 0) is 179 Å². The summed E-state index contributed by atoms with van der Waals surface area (Å²) in [7, 11) is 0. The van der Waals surface area contributed by atoms with Gasteiger partial charge < -0.3 is 14.2 Å². The Bertz CT molecular complexity index is 3850. The summed E-state index contributed by atoms with van der Waals surface area (Å²) in [5.74, 6) is 0. The highest BCUT2D eigenvalue weighted by Gasteiger charge is 2.49. The van der Waals surface area contributed by atoms with Crippen molar-refractivity contribution in [2.24, 2.45) is 0 Å². The Morgan fingerprint density at radius 3 is 1.76 bits per heavy atom. The van der Waals surface area contributed by atoms with E-state index >= 15 is 0 Å². The van der Waals surface area contributed by atoms with Crippen molar-refractivity contribution < 1.29 is 4.42 Å². The zero-order valence-corrected chi connectivity index (χ0v) is 46.9. The van der Waals surface area contributed by atoms with E-state index in [9.17, 15) is 0 Å². The molecule has 9 aromatic rings. The van der Waals surface area contributed by atoms with Crippen molar-refractivity contribution >= 4 is 79.2 Å². The molecule has 2 aliphatic heterocycles. The summed E-state index contributed by atoms with van der Waals surface area (Å²) < 4.78 is 6.57. The maximum Gasteiger partial charge on any atom is 0.252 e. The molecular weight excluding hydrogens is 908 g/mol. The lowest BCUT2D eigenvalue weighted by Crippen LogP contribution is -2.61. The first-order chi connectivity index (χ1) is 35.4. The monoisotopic (exact) mass is 981 g/mol. The molecule has 376 valence electrons. The van der Waals surface area contributed by atoms with Gasteiger partial charge in [-0.3, -0.25) is 0 Å². The molecule has 0 N–H and O–H groups in total. The average Bonchev–Trinajstić information content (AvgIpc) is 3.94. The second kappa shape index (κ2) is 15.9. The third-order valence-corrected chi connectivity index (χ3v) is 18.4. The zero-order valence-electron chi connectivity index (χ0n) is 46.9. The van der Waals surface area contributed by atoms with Crippen molar-refractivity contribution in [2.45, 2.75) is 149 Å². The molecule has 8 aromatic carbocycles. The Kier molecular flexibility index (Phi) is 10.1. The van der Waals surface area contributed by atoms with E-state index in [0.29, 0.717) is 0 Å². The number of hydrogen-bond acceptors (Lipinski definition) is 3. The van der Waals surface area contributed by atoms with Gasteiger partial charge in [0, 0.05) is 44.8 Å². The Morgan fingerprint density at radius 1 is 0.427 bits per heavy atom. The SMILES string of the molecule is CC(C)(C)c1ccc(N2c3ccc(-c4cccc5oc6ccccc6c45)cc3B3c4cc5c(cc4N(c4ccc6c(c4)C(C)(C)CCC6(C)C)c4cc(C(C)(C)C)cc2c43)C(C)(C)CC5(C)C)c(-c2ccccc2)c1. The Morgan fingerprint density at radius 2 is 1.04 bits per heavy atom. The minimum Gasteiger partial charge on any atom is -0.456 e. The standard InChI is InChI=1S/C71H73BN2O/c1-66(2,3)45-28-32-57(50(36-45)43-21-16-15-17-22-43)74-58-31-27-44(48-24-20-26-63-64(48)49-23-18-19-25-62(49)75-63)35-55(58)72-56-40-53-54(71(13,14)42-70(53,11)12)41-59(56)73(60-37-46(67(4,5)6)38-61(74)65(60)72)47-29-30-51-52(39-47)69(9,10)34-33-68(51,7)8/h15-32,35-41H,33-34,42H2,1-14H3. The number of anilines is 6. The lowest BCUT2D eigenvalue weighted by Gasteiger charge is -2.47. The van der Waals surface area contributed by atoms with E-state index in [1.165, 1.54) is 113 Å². The van der Waals surface area contributed by atoms with Crippen molar-refractivity contribution in [1.82, 2.24) is 0 Å². The molecule has 4 heteroatoms. The molecule has 0 unspecified atom stereocenters. The molecule has 0 amide bonds. The summed E-state index contributed by atoms with van der Waals surface area (Å²) in [6, 6.07) is 58.9. The first kappa shape index (κ1) is 47.9. The largest absolute Gasteiger partial charge is 0.456 e. The smallest absolute Gasteiger partial charge is 0.252 e. The van der Waals surface area contributed by atoms with Gasteiger partial charge in [-0.25, -0.2) is 0 Å². The molecule has 0 fully saturated rings. The molecule has 0 bridgehead atoms. The van der Waals surface area contributed by atoms with Crippen LogP contribution >= 0.6 is 0 Å². The van der Waals surface area contributed by atoms with Gasteiger partial charge in [0.15, 0.2) is 0 Å². The highest BCUT2D eigenvalue weighted by atomic mass is 16.3. The molecule has 0 saturated carbocycles. The minimum atomic E-state index is -0.154. The van der Waals surface area contributed by atoms with Crippen LogP contribution in [0.2, 0.25) is 0 Å². The molecule has 0 atom stereocenters. The fraction of sp³-hybridized carbons (Fsp3) is 0.324. The van der Waals surface area contributed by atoms with Gasteiger partial charge in [0.2, 0.25) is 0 Å². The summed E-state index contributed by atoms with van der Waals surface area (Å²) in [5, 5.41) is 2.31. The van der Waals surface area contributed by atoms with Crippen molar-refractivity contribution in [3.63, 3.8) is 0 Å². The van der Waals surface area contributed by atoms with Crippen molar-refractivity contribution in [2.75, 3.05) is 9.80 Å². The number of hydrogen-bond donors (Lipinski definition) is 0. The van der Waals surface area contributed by atoms with E-state index < -0.39 is 0 Å². The molecule has 2 aliphatic carbocycles. The summed E-state index contributed by atoms with van der Waals surface area (Å²) in [4.78, 5) is 5.38. The van der Waals surface area contributed by atoms with Gasteiger partial charge in [-0.1, -0.05) is 188 Å². The lowest BCUT2D eigenvalue weighted by molar-refractivity contribution is 0.332. The molecule has 13 rings (SSSR count). The Labute approximate surface area is 447 Å². The van der Waals surface area contributed by atoms with Crippen molar-refractivity contribution in [3.8, 4) is 22.3 Å². The maximum absolute atomic E-state index is 6.57. The van der Waals surface area contributed by atoms with Crippen molar-refractivity contribution in [1.29, 1.82) is 0 Å². The van der Waals surface area contributed by atoms with Crippen LogP contribution in [0.4, 0.5) is 34.1 Å². The molecular formula is C71H73BN2O. The molecule has 0 radical (unpaired) electrons. The molecule has 4 aliphatic rings. The number of fused-ring (bicyclic) bond motifs is 9. The Hall–Kier alpha value is -6.78. The Balaban J connectivity index is 1.18. The molecule has 3 heterocycles. The van der Waals surface area contributed by atoms with E-state index in [2.05, 4.69) is 258 Å². The van der Waals surface area contributed by atoms with Crippen LogP contribution in [0.15, 0.2) is 156 Å². The summed E-state index contributed by atoms with van der Waals surface area (Å²) in [5.41, 5.74) is 26.7. The van der Waals surface area contributed by atoms with Crippen LogP contribution in [0.3, 0.4) is 0 Å². The minimum absolute atomic E-state index is 0.00205. The van der Waals surface area contributed by atoms with E-state index in [1.54, 1.807) is 0 Å². The van der Waals surface area contributed by atoms with Crippen LogP contribution in [0.25, 0.3) is 44.2 Å². The second-order valence-electron chi connectivity index (χ2n) is 27.6. The van der Waals surface area contributed by atoms with Crippen LogP contribution < -0.4 is 26.2 Å². The van der Waals surface area contributed by atoms with Gasteiger partial charge in [0.1, 0.15) is 11.2 Å². The average molecular weight is 981 g/mol. The quantitative estimate of drug-likeness (QED) is 0.164. The predicted octanol–water partition coefficient (Wildman–Crippen LogP) is 17.9. The second-order valence-corrected chi connectivity index (χ2v) is 27.6. The van der Waals surface area contributed by atoms with Gasteiger partial charge in [-0.2, -0.15) is 0 Å². The molecule has 3 nitrogen and oxygen atoms in total. The highest BCUT2D eigenvalue weighted by molar-refractivity contribution is 7.00. The fourth-order valence-corrected chi connectivity index (χ4v) is 14.4. The normalized spacial score (nSPS) is 17.7. The molecule has 0 spiro atoms. The van der Waals surface area contributed by atoms with Gasteiger partial charge >= 0.3 is 0 Å². The van der Waals surface area contributed by atoms with Crippen LogP contribution in [0, 0.1) is 0 Å². The summed E-state index contributed by atoms with van der Waals surface area (Å²) >= 11 is 0. The van der Waals surface area contributed by atoms with Crippen LogP contribution in [0.1, 0.15) is 150 Å². The predicted molar refractivity (Wildman–Crippen MR) is 322 cm³/mol. The van der Waals surface area contributed by atoms with E-state index in [0.717, 1.165) is 34.8 Å².